The van der Waals surface area contributed by atoms with Crippen LogP contribution in [0.3, 0.4) is 0 Å². The molecule has 0 bridgehead atoms. The van der Waals surface area contributed by atoms with Gasteiger partial charge in [-0.2, -0.15) is 10.4 Å². The summed E-state index contributed by atoms with van der Waals surface area (Å²) in [6.45, 7) is 2.11. The molecule has 2 aliphatic carbocycles. The second-order valence-electron chi connectivity index (χ2n) is 6.86. The van der Waals surface area contributed by atoms with Crippen molar-refractivity contribution in [1.29, 1.82) is 5.26 Å². The van der Waals surface area contributed by atoms with E-state index in [1.165, 1.54) is 5.56 Å². The molecule has 120 valence electrons. The van der Waals surface area contributed by atoms with Gasteiger partial charge in [-0.15, -0.1) is 0 Å². The Hall–Kier alpha value is -2.74. The molecular weight excluding hydrogens is 300 g/mol. The molecule has 0 N–H and O–H groups in total. The maximum absolute atomic E-state index is 12.1. The normalized spacial score (nSPS) is 25.5. The Kier molecular flexibility index (Phi) is 3.17. The Bertz CT molecular complexity index is 903. The van der Waals surface area contributed by atoms with E-state index in [4.69, 9.17) is 5.10 Å². The number of nitrogens with zero attached hydrogens (tertiary/aromatic N) is 4. The average Bonchev–Trinajstić information content (AvgIpc) is 2.93. The van der Waals surface area contributed by atoms with E-state index >= 15 is 0 Å². The fourth-order valence-corrected chi connectivity index (χ4v) is 4.22. The van der Waals surface area contributed by atoms with Gasteiger partial charge >= 0.3 is 0 Å². The van der Waals surface area contributed by atoms with E-state index < -0.39 is 0 Å². The highest BCUT2D eigenvalue weighted by Crippen LogP contribution is 2.48. The van der Waals surface area contributed by atoms with Crippen LogP contribution in [0, 0.1) is 17.2 Å². The van der Waals surface area contributed by atoms with Gasteiger partial charge < -0.3 is 0 Å². The van der Waals surface area contributed by atoms with E-state index in [9.17, 15) is 10.1 Å². The maximum Gasteiger partial charge on any atom is 0.173 e. The van der Waals surface area contributed by atoms with Crippen molar-refractivity contribution in [3.05, 3.63) is 47.4 Å². The SMILES string of the molecule is Cn1nc2c(c1-c1cccnc1)CCC1CC(=O)C(C#N)=CC21C. The van der Waals surface area contributed by atoms with E-state index in [1.54, 1.807) is 6.20 Å². The van der Waals surface area contributed by atoms with Crippen molar-refractivity contribution in [2.24, 2.45) is 13.0 Å². The number of fused-ring (bicyclic) bond motifs is 3. The fraction of sp³-hybridized carbons (Fsp3) is 0.368. The summed E-state index contributed by atoms with van der Waals surface area (Å²) in [6.07, 6.45) is 7.74. The Balaban J connectivity index is 1.93. The number of nitriles is 1. The molecule has 0 saturated heterocycles. The lowest BCUT2D eigenvalue weighted by Gasteiger charge is -2.40. The van der Waals surface area contributed by atoms with E-state index in [-0.39, 0.29) is 22.7 Å². The summed E-state index contributed by atoms with van der Waals surface area (Å²) in [5, 5.41) is 14.1. The van der Waals surface area contributed by atoms with Crippen molar-refractivity contribution < 1.29 is 4.79 Å². The minimum Gasteiger partial charge on any atom is -0.293 e. The average molecular weight is 318 g/mol. The van der Waals surface area contributed by atoms with Crippen molar-refractivity contribution in [2.75, 3.05) is 0 Å². The second-order valence-corrected chi connectivity index (χ2v) is 6.86. The summed E-state index contributed by atoms with van der Waals surface area (Å²) in [5.74, 6) is 0.179. The number of rotatable bonds is 1. The number of hydrogen-bond donors (Lipinski definition) is 0. The second kappa shape index (κ2) is 5.13. The summed E-state index contributed by atoms with van der Waals surface area (Å²) in [6, 6.07) is 6.03. The molecule has 5 nitrogen and oxygen atoms in total. The van der Waals surface area contributed by atoms with Crippen LogP contribution in [0.2, 0.25) is 0 Å². The zero-order chi connectivity index (χ0) is 16.9. The number of Topliss-reactive ketones (excluding diaryl/α,β-unsaturated/α-hetero) is 1. The lowest BCUT2D eigenvalue weighted by Crippen LogP contribution is -2.40. The van der Waals surface area contributed by atoms with Crippen molar-refractivity contribution in [1.82, 2.24) is 14.8 Å². The van der Waals surface area contributed by atoms with Gasteiger partial charge in [0, 0.05) is 42.4 Å². The van der Waals surface area contributed by atoms with E-state index in [1.807, 2.05) is 36.1 Å². The Labute approximate surface area is 140 Å². The highest BCUT2D eigenvalue weighted by atomic mass is 16.1. The molecule has 0 aromatic carbocycles. The molecule has 0 amide bonds. The quantitative estimate of drug-likeness (QED) is 0.810. The number of carbonyl (C=O) groups excluding carboxylic acids is 1. The maximum atomic E-state index is 12.1. The third-order valence-corrected chi connectivity index (χ3v) is 5.48. The number of carbonyl (C=O) groups is 1. The van der Waals surface area contributed by atoms with E-state index in [2.05, 4.69) is 18.0 Å². The van der Waals surface area contributed by atoms with Crippen LogP contribution < -0.4 is 0 Å². The van der Waals surface area contributed by atoms with Gasteiger partial charge in [0.25, 0.3) is 0 Å². The Morgan fingerprint density at radius 3 is 3.00 bits per heavy atom. The molecule has 0 aliphatic heterocycles. The number of ketones is 1. The Morgan fingerprint density at radius 1 is 1.46 bits per heavy atom. The molecular formula is C19H18N4O. The molecule has 0 radical (unpaired) electrons. The van der Waals surface area contributed by atoms with Gasteiger partial charge in [-0.3, -0.25) is 14.5 Å². The molecule has 0 fully saturated rings. The van der Waals surface area contributed by atoms with Crippen LogP contribution in [0.25, 0.3) is 11.3 Å². The fourth-order valence-electron chi connectivity index (χ4n) is 4.22. The third-order valence-electron chi connectivity index (χ3n) is 5.48. The molecule has 0 saturated carbocycles. The first-order valence-corrected chi connectivity index (χ1v) is 8.17. The molecule has 24 heavy (non-hydrogen) atoms. The molecule has 2 aromatic heterocycles. The Morgan fingerprint density at radius 2 is 2.29 bits per heavy atom. The van der Waals surface area contributed by atoms with Crippen molar-refractivity contribution in [2.45, 2.75) is 31.6 Å². The molecule has 4 rings (SSSR count). The lowest BCUT2D eigenvalue weighted by atomic mass is 9.61. The highest BCUT2D eigenvalue weighted by molar-refractivity contribution is 6.00. The number of aromatic nitrogens is 3. The topological polar surface area (TPSA) is 71.6 Å². The first kappa shape index (κ1) is 14.8. The van der Waals surface area contributed by atoms with Crippen LogP contribution in [-0.2, 0) is 23.7 Å². The largest absolute Gasteiger partial charge is 0.293 e. The predicted molar refractivity (Wildman–Crippen MR) is 88.9 cm³/mol. The standard InChI is InChI=1S/C19H18N4O/c1-19-9-13(10-20)16(24)8-14(19)5-6-15-17(23(2)22-18(15)19)12-4-3-7-21-11-12/h3-4,7,9,11,14H,5-6,8H2,1-2H3. The van der Waals surface area contributed by atoms with Gasteiger partial charge in [0.2, 0.25) is 0 Å². The van der Waals surface area contributed by atoms with Gasteiger partial charge in [-0.1, -0.05) is 13.0 Å². The van der Waals surface area contributed by atoms with Gasteiger partial charge in [0.1, 0.15) is 6.07 Å². The zero-order valence-electron chi connectivity index (χ0n) is 13.8. The third kappa shape index (κ3) is 1.96. The van der Waals surface area contributed by atoms with Crippen molar-refractivity contribution in [3.8, 4) is 17.3 Å². The zero-order valence-corrected chi connectivity index (χ0v) is 13.8. The first-order chi connectivity index (χ1) is 11.5. The number of allylic oxidation sites excluding steroid dienone is 2. The van der Waals surface area contributed by atoms with E-state index in [0.717, 1.165) is 29.8 Å². The minimum absolute atomic E-state index is 0.0353. The van der Waals surface area contributed by atoms with Gasteiger partial charge in [0.15, 0.2) is 5.78 Å². The van der Waals surface area contributed by atoms with Crippen LogP contribution in [0.4, 0.5) is 0 Å². The van der Waals surface area contributed by atoms with Crippen LogP contribution >= 0.6 is 0 Å². The van der Waals surface area contributed by atoms with Crippen LogP contribution in [-0.4, -0.2) is 20.5 Å². The number of aryl methyl sites for hydroxylation is 1. The lowest BCUT2D eigenvalue weighted by molar-refractivity contribution is -0.117. The summed E-state index contributed by atoms with van der Waals surface area (Å²) in [5.41, 5.74) is 4.27. The number of pyridine rings is 1. The molecule has 0 spiro atoms. The molecule has 2 unspecified atom stereocenters. The first-order valence-electron chi connectivity index (χ1n) is 8.17. The van der Waals surface area contributed by atoms with E-state index in [0.29, 0.717) is 6.42 Å². The monoisotopic (exact) mass is 318 g/mol. The molecule has 2 aromatic rings. The highest BCUT2D eigenvalue weighted by Gasteiger charge is 2.46. The smallest absolute Gasteiger partial charge is 0.173 e. The van der Waals surface area contributed by atoms with Gasteiger partial charge in [0.05, 0.1) is 17.0 Å². The van der Waals surface area contributed by atoms with Crippen LogP contribution in [0.5, 0.6) is 0 Å². The summed E-state index contributed by atoms with van der Waals surface area (Å²) >= 11 is 0. The summed E-state index contributed by atoms with van der Waals surface area (Å²) in [4.78, 5) is 16.3. The molecule has 5 heteroatoms. The number of hydrogen-bond acceptors (Lipinski definition) is 4. The molecule has 2 aliphatic rings. The van der Waals surface area contributed by atoms with Gasteiger partial charge in [-0.05, 0) is 30.9 Å². The minimum atomic E-state index is -0.356. The summed E-state index contributed by atoms with van der Waals surface area (Å²) < 4.78 is 1.91. The van der Waals surface area contributed by atoms with Crippen LogP contribution in [0.15, 0.2) is 36.2 Å². The predicted octanol–water partition coefficient (Wildman–Crippen LogP) is 2.72. The molecule has 2 heterocycles. The van der Waals surface area contributed by atoms with Crippen LogP contribution in [0.1, 0.15) is 31.0 Å². The van der Waals surface area contributed by atoms with Gasteiger partial charge in [-0.25, -0.2) is 0 Å². The molecule has 2 atom stereocenters. The van der Waals surface area contributed by atoms with Crippen molar-refractivity contribution in [3.63, 3.8) is 0 Å². The summed E-state index contributed by atoms with van der Waals surface area (Å²) in [7, 11) is 1.95. The van der Waals surface area contributed by atoms with Crippen molar-refractivity contribution >= 4 is 5.78 Å².